The number of benzene rings is 1. The van der Waals surface area contributed by atoms with Gasteiger partial charge in [0.1, 0.15) is 12.1 Å². The van der Waals surface area contributed by atoms with Gasteiger partial charge in [0.25, 0.3) is 0 Å². The zero-order chi connectivity index (χ0) is 19.4. The van der Waals surface area contributed by atoms with Gasteiger partial charge in [0, 0.05) is 25.9 Å². The van der Waals surface area contributed by atoms with E-state index in [2.05, 4.69) is 20.3 Å². The number of aromatic nitrogens is 5. The predicted molar refractivity (Wildman–Crippen MR) is 94.9 cm³/mol. The van der Waals surface area contributed by atoms with Crippen molar-refractivity contribution in [3.63, 3.8) is 0 Å². The number of nitrogens with zero attached hydrogens (tertiary/aromatic N) is 6. The molecule has 0 aliphatic rings. The van der Waals surface area contributed by atoms with E-state index >= 15 is 0 Å². The highest BCUT2D eigenvalue weighted by molar-refractivity contribution is 5.75. The fourth-order valence-corrected chi connectivity index (χ4v) is 2.62. The normalized spacial score (nSPS) is 11.1. The van der Waals surface area contributed by atoms with Crippen molar-refractivity contribution in [3.05, 3.63) is 48.1 Å². The summed E-state index contributed by atoms with van der Waals surface area (Å²) in [5.41, 5.74) is 0.268. The van der Waals surface area contributed by atoms with Gasteiger partial charge >= 0.3 is 0 Å². The third-order valence-corrected chi connectivity index (χ3v) is 4.14. The molecule has 0 fully saturated rings. The molecule has 142 valence electrons. The molecule has 0 spiro atoms. The molecule has 0 radical (unpaired) electrons. The van der Waals surface area contributed by atoms with E-state index in [0.717, 1.165) is 5.82 Å². The van der Waals surface area contributed by atoms with E-state index in [-0.39, 0.29) is 36.2 Å². The van der Waals surface area contributed by atoms with Gasteiger partial charge in [-0.05, 0) is 26.0 Å². The smallest absolute Gasteiger partial charge is 0.227 e. The number of aryl methyl sites for hydroxylation is 1. The average Bonchev–Trinajstić information content (AvgIpc) is 3.29. The number of hydrogen-bond acceptors (Lipinski definition) is 6. The van der Waals surface area contributed by atoms with Crippen LogP contribution in [0.5, 0.6) is 0 Å². The molecule has 8 nitrogen and oxygen atoms in total. The molecule has 3 aromatic rings. The molecule has 27 heavy (non-hydrogen) atoms. The Morgan fingerprint density at radius 1 is 1.33 bits per heavy atom. The van der Waals surface area contributed by atoms with Gasteiger partial charge in [-0.15, -0.1) is 10.2 Å². The SMILES string of the molecule is CC(C)n1cnnc1CN(C)C(=O)CCc1nc(-c2ccccc2F)no1. The van der Waals surface area contributed by atoms with Gasteiger partial charge in [-0.1, -0.05) is 17.3 Å². The van der Waals surface area contributed by atoms with Crippen molar-refractivity contribution in [2.45, 2.75) is 39.3 Å². The van der Waals surface area contributed by atoms with Gasteiger partial charge in [0.15, 0.2) is 5.82 Å². The second-order valence-electron chi connectivity index (χ2n) is 6.49. The standard InChI is InChI=1S/C18H21FN6O2/c1-12(2)25-11-20-22-15(25)10-24(3)17(26)9-8-16-21-18(23-27-16)13-6-4-5-7-14(13)19/h4-7,11-12H,8-10H2,1-3H3. The zero-order valence-corrected chi connectivity index (χ0v) is 15.5. The fraction of sp³-hybridized carbons (Fsp3) is 0.389. The van der Waals surface area contributed by atoms with Gasteiger partial charge in [-0.2, -0.15) is 4.98 Å². The minimum atomic E-state index is -0.421. The molecule has 0 atom stereocenters. The molecule has 0 aliphatic carbocycles. The average molecular weight is 372 g/mol. The highest BCUT2D eigenvalue weighted by Crippen LogP contribution is 2.19. The molecule has 0 saturated heterocycles. The number of carbonyl (C=O) groups excluding carboxylic acids is 1. The lowest BCUT2D eigenvalue weighted by atomic mass is 10.2. The summed E-state index contributed by atoms with van der Waals surface area (Å²) in [7, 11) is 1.71. The molecule has 1 aromatic carbocycles. The lowest BCUT2D eigenvalue weighted by Gasteiger charge is -2.18. The van der Waals surface area contributed by atoms with Gasteiger partial charge < -0.3 is 14.0 Å². The summed E-state index contributed by atoms with van der Waals surface area (Å²) in [6.45, 7) is 4.41. The first kappa shape index (κ1) is 18.7. The fourth-order valence-electron chi connectivity index (χ4n) is 2.62. The van der Waals surface area contributed by atoms with Crippen molar-refractivity contribution < 1.29 is 13.7 Å². The maximum absolute atomic E-state index is 13.8. The monoisotopic (exact) mass is 372 g/mol. The Morgan fingerprint density at radius 3 is 2.85 bits per heavy atom. The first-order valence-electron chi connectivity index (χ1n) is 8.65. The van der Waals surface area contributed by atoms with Crippen LogP contribution in [0.2, 0.25) is 0 Å². The number of rotatable bonds is 7. The molecule has 2 aromatic heterocycles. The quantitative estimate of drug-likeness (QED) is 0.633. The Bertz CT molecular complexity index is 920. The van der Waals surface area contributed by atoms with Crippen LogP contribution in [0.3, 0.4) is 0 Å². The molecular weight excluding hydrogens is 351 g/mol. The van der Waals surface area contributed by atoms with Crippen LogP contribution in [0.15, 0.2) is 35.1 Å². The summed E-state index contributed by atoms with van der Waals surface area (Å²) in [6, 6.07) is 6.42. The molecule has 0 N–H and O–H groups in total. The van der Waals surface area contributed by atoms with Crippen molar-refractivity contribution in [2.24, 2.45) is 0 Å². The van der Waals surface area contributed by atoms with Crippen LogP contribution in [0.4, 0.5) is 4.39 Å². The first-order chi connectivity index (χ1) is 13.0. The molecule has 2 heterocycles. The predicted octanol–water partition coefficient (Wildman–Crippen LogP) is 2.64. The molecule has 3 rings (SSSR count). The van der Waals surface area contributed by atoms with Gasteiger partial charge in [0.05, 0.1) is 12.1 Å². The minimum Gasteiger partial charge on any atom is -0.339 e. The summed E-state index contributed by atoms with van der Waals surface area (Å²) >= 11 is 0. The Hall–Kier alpha value is -3.10. The van der Waals surface area contributed by atoms with Crippen molar-refractivity contribution in [3.8, 4) is 11.4 Å². The molecule has 9 heteroatoms. The van der Waals surface area contributed by atoms with Crippen LogP contribution in [0.1, 0.15) is 38.0 Å². The largest absolute Gasteiger partial charge is 0.339 e. The van der Waals surface area contributed by atoms with E-state index in [4.69, 9.17) is 4.52 Å². The highest BCUT2D eigenvalue weighted by atomic mass is 19.1. The summed E-state index contributed by atoms with van der Waals surface area (Å²) < 4.78 is 20.8. The Morgan fingerprint density at radius 2 is 2.11 bits per heavy atom. The van der Waals surface area contributed by atoms with Crippen molar-refractivity contribution >= 4 is 5.91 Å². The third kappa shape index (κ3) is 4.36. The van der Waals surface area contributed by atoms with Gasteiger partial charge in [-0.3, -0.25) is 4.79 Å². The van der Waals surface area contributed by atoms with E-state index in [9.17, 15) is 9.18 Å². The van der Waals surface area contributed by atoms with Crippen molar-refractivity contribution in [1.29, 1.82) is 0 Å². The number of amides is 1. The molecule has 0 unspecified atom stereocenters. The van der Waals surface area contributed by atoms with Gasteiger partial charge in [0.2, 0.25) is 17.6 Å². The first-order valence-corrected chi connectivity index (χ1v) is 8.65. The van der Waals surface area contributed by atoms with E-state index in [1.165, 1.54) is 6.07 Å². The molecule has 0 aliphatic heterocycles. The van der Waals surface area contributed by atoms with Crippen LogP contribution in [0, 0.1) is 5.82 Å². The number of carbonyl (C=O) groups is 1. The third-order valence-electron chi connectivity index (χ3n) is 4.14. The van der Waals surface area contributed by atoms with E-state index in [1.807, 2.05) is 18.4 Å². The van der Waals surface area contributed by atoms with Crippen LogP contribution in [0.25, 0.3) is 11.4 Å². The lowest BCUT2D eigenvalue weighted by molar-refractivity contribution is -0.130. The lowest BCUT2D eigenvalue weighted by Crippen LogP contribution is -2.28. The summed E-state index contributed by atoms with van der Waals surface area (Å²) in [5.74, 6) is 0.684. The maximum Gasteiger partial charge on any atom is 0.227 e. The van der Waals surface area contributed by atoms with E-state index in [1.54, 1.807) is 36.5 Å². The second kappa shape index (κ2) is 8.07. The Kier molecular flexibility index (Phi) is 5.58. The topological polar surface area (TPSA) is 89.9 Å². The van der Waals surface area contributed by atoms with Crippen LogP contribution in [-0.4, -0.2) is 42.8 Å². The van der Waals surface area contributed by atoms with E-state index < -0.39 is 5.82 Å². The van der Waals surface area contributed by atoms with Crippen LogP contribution >= 0.6 is 0 Å². The van der Waals surface area contributed by atoms with Crippen LogP contribution < -0.4 is 0 Å². The van der Waals surface area contributed by atoms with E-state index in [0.29, 0.717) is 12.4 Å². The maximum atomic E-state index is 13.8. The Balaban J connectivity index is 1.58. The summed E-state index contributed by atoms with van der Waals surface area (Å²) in [4.78, 5) is 18.1. The molecular formula is C18H21FN6O2. The number of hydrogen-bond donors (Lipinski definition) is 0. The molecule has 1 amide bonds. The molecule has 0 saturated carbocycles. The second-order valence-corrected chi connectivity index (χ2v) is 6.49. The Labute approximate surface area is 156 Å². The van der Waals surface area contributed by atoms with Crippen molar-refractivity contribution in [2.75, 3.05) is 7.05 Å². The summed E-state index contributed by atoms with van der Waals surface area (Å²) in [6.07, 6.45) is 2.13. The van der Waals surface area contributed by atoms with Crippen molar-refractivity contribution in [1.82, 2.24) is 29.8 Å². The number of halogens is 1. The highest BCUT2D eigenvalue weighted by Gasteiger charge is 2.17. The molecule has 0 bridgehead atoms. The van der Waals surface area contributed by atoms with Crippen LogP contribution in [-0.2, 0) is 17.8 Å². The zero-order valence-electron chi connectivity index (χ0n) is 15.5. The van der Waals surface area contributed by atoms with Gasteiger partial charge in [-0.25, -0.2) is 4.39 Å². The summed E-state index contributed by atoms with van der Waals surface area (Å²) in [5, 5.41) is 11.8. The minimum absolute atomic E-state index is 0.0843.